The smallest absolute Gasteiger partial charge is 0.341 e. The zero-order valence-electron chi connectivity index (χ0n) is 18.8. The first-order chi connectivity index (χ1) is 15.7. The number of nitrogens with zero attached hydrogens (tertiary/aromatic N) is 2. The summed E-state index contributed by atoms with van der Waals surface area (Å²) in [4.78, 5) is 33.2. The van der Waals surface area contributed by atoms with E-state index >= 15 is 0 Å². The summed E-state index contributed by atoms with van der Waals surface area (Å²) in [6.45, 7) is 6.90. The Labute approximate surface area is 190 Å². The first-order valence-electron chi connectivity index (χ1n) is 10.5. The van der Waals surface area contributed by atoms with Gasteiger partial charge in [-0.05, 0) is 57.5 Å². The number of carbonyl (C=O) groups is 2. The van der Waals surface area contributed by atoms with Crippen LogP contribution in [0.1, 0.15) is 58.4 Å². The SMILES string of the molecule is CCOC(=O)c1c(C)nc(-c2c(F)cccc2F)nc1Cc1ccc(C(=O)OC(C)C)cc1. The topological polar surface area (TPSA) is 78.4 Å². The summed E-state index contributed by atoms with van der Waals surface area (Å²) in [6.07, 6.45) is -0.0920. The van der Waals surface area contributed by atoms with Gasteiger partial charge in [0.2, 0.25) is 0 Å². The molecule has 0 bridgehead atoms. The van der Waals surface area contributed by atoms with Crippen LogP contribution < -0.4 is 0 Å². The zero-order chi connectivity index (χ0) is 24.1. The Morgan fingerprint density at radius 1 is 0.970 bits per heavy atom. The predicted molar refractivity (Wildman–Crippen MR) is 118 cm³/mol. The average molecular weight is 454 g/mol. The number of ether oxygens (including phenoxy) is 2. The van der Waals surface area contributed by atoms with Gasteiger partial charge in [-0.3, -0.25) is 0 Å². The van der Waals surface area contributed by atoms with Crippen LogP contribution in [0.2, 0.25) is 0 Å². The van der Waals surface area contributed by atoms with Crippen LogP contribution in [-0.4, -0.2) is 34.6 Å². The van der Waals surface area contributed by atoms with Gasteiger partial charge in [-0.15, -0.1) is 0 Å². The molecular formula is C25H24F2N2O4. The molecule has 3 aromatic rings. The number of halogens is 2. The molecule has 0 radical (unpaired) electrons. The van der Waals surface area contributed by atoms with Crippen molar-refractivity contribution >= 4 is 11.9 Å². The number of esters is 2. The van der Waals surface area contributed by atoms with Crippen LogP contribution >= 0.6 is 0 Å². The summed E-state index contributed by atoms with van der Waals surface area (Å²) in [5.41, 5.74) is 1.37. The Hall–Kier alpha value is -3.68. The normalized spacial score (nSPS) is 10.9. The van der Waals surface area contributed by atoms with E-state index in [0.29, 0.717) is 5.56 Å². The highest BCUT2D eigenvalue weighted by Crippen LogP contribution is 2.26. The molecule has 0 spiro atoms. The molecule has 1 heterocycles. The van der Waals surface area contributed by atoms with Crippen molar-refractivity contribution in [2.24, 2.45) is 0 Å². The maximum absolute atomic E-state index is 14.4. The van der Waals surface area contributed by atoms with Crippen LogP contribution in [0.15, 0.2) is 42.5 Å². The van der Waals surface area contributed by atoms with Gasteiger partial charge in [0.1, 0.15) is 17.2 Å². The van der Waals surface area contributed by atoms with Crippen molar-refractivity contribution in [3.05, 3.63) is 82.2 Å². The number of hydrogen-bond donors (Lipinski definition) is 0. The van der Waals surface area contributed by atoms with E-state index in [1.165, 1.54) is 6.07 Å². The lowest BCUT2D eigenvalue weighted by atomic mass is 10.0. The van der Waals surface area contributed by atoms with Crippen molar-refractivity contribution in [1.82, 2.24) is 9.97 Å². The van der Waals surface area contributed by atoms with Gasteiger partial charge in [-0.25, -0.2) is 28.3 Å². The fourth-order valence-corrected chi connectivity index (χ4v) is 3.29. The summed E-state index contributed by atoms with van der Waals surface area (Å²) in [6, 6.07) is 10.1. The molecule has 0 N–H and O–H groups in total. The Morgan fingerprint density at radius 2 is 1.61 bits per heavy atom. The van der Waals surface area contributed by atoms with Crippen molar-refractivity contribution in [3.8, 4) is 11.4 Å². The number of aryl methyl sites for hydroxylation is 1. The minimum Gasteiger partial charge on any atom is -0.462 e. The van der Waals surface area contributed by atoms with Crippen molar-refractivity contribution in [1.29, 1.82) is 0 Å². The van der Waals surface area contributed by atoms with Crippen molar-refractivity contribution in [2.45, 2.75) is 40.2 Å². The highest BCUT2D eigenvalue weighted by molar-refractivity contribution is 5.92. The highest BCUT2D eigenvalue weighted by Gasteiger charge is 2.23. The Bertz CT molecular complexity index is 1160. The van der Waals surface area contributed by atoms with Crippen LogP contribution in [-0.2, 0) is 15.9 Å². The third kappa shape index (κ3) is 5.58. The summed E-state index contributed by atoms with van der Waals surface area (Å²) in [7, 11) is 0. The van der Waals surface area contributed by atoms with E-state index in [1.807, 2.05) is 0 Å². The number of aromatic nitrogens is 2. The first kappa shape index (κ1) is 24.0. The molecule has 1 aromatic heterocycles. The molecule has 33 heavy (non-hydrogen) atoms. The fraction of sp³-hybridized carbons (Fsp3) is 0.280. The predicted octanol–water partition coefficient (Wildman–Crippen LogP) is 5.06. The van der Waals surface area contributed by atoms with Crippen LogP contribution in [0.4, 0.5) is 8.78 Å². The van der Waals surface area contributed by atoms with E-state index in [-0.39, 0.29) is 47.5 Å². The average Bonchev–Trinajstić information content (AvgIpc) is 2.73. The monoisotopic (exact) mass is 454 g/mol. The molecule has 172 valence electrons. The lowest BCUT2D eigenvalue weighted by Gasteiger charge is -2.14. The van der Waals surface area contributed by atoms with E-state index in [4.69, 9.17) is 9.47 Å². The van der Waals surface area contributed by atoms with Gasteiger partial charge in [0.15, 0.2) is 5.82 Å². The molecule has 0 aliphatic carbocycles. The van der Waals surface area contributed by atoms with Gasteiger partial charge in [-0.1, -0.05) is 18.2 Å². The second-order valence-corrected chi connectivity index (χ2v) is 7.60. The molecule has 0 amide bonds. The van der Waals surface area contributed by atoms with Gasteiger partial charge < -0.3 is 9.47 Å². The third-order valence-corrected chi connectivity index (χ3v) is 4.73. The number of hydrogen-bond acceptors (Lipinski definition) is 6. The third-order valence-electron chi connectivity index (χ3n) is 4.73. The molecule has 8 heteroatoms. The van der Waals surface area contributed by atoms with E-state index in [1.54, 1.807) is 52.0 Å². The summed E-state index contributed by atoms with van der Waals surface area (Å²) in [5, 5.41) is 0. The van der Waals surface area contributed by atoms with Crippen LogP contribution in [0.25, 0.3) is 11.4 Å². The Kier molecular flexibility index (Phi) is 7.48. The Morgan fingerprint density at radius 3 is 2.18 bits per heavy atom. The van der Waals surface area contributed by atoms with Crippen molar-refractivity contribution < 1.29 is 27.8 Å². The van der Waals surface area contributed by atoms with E-state index in [9.17, 15) is 18.4 Å². The molecule has 0 aliphatic rings. The van der Waals surface area contributed by atoms with Gasteiger partial charge in [0.25, 0.3) is 0 Å². The Balaban J connectivity index is 2.04. The van der Waals surface area contributed by atoms with Gasteiger partial charge in [0.05, 0.1) is 35.2 Å². The molecule has 3 rings (SSSR count). The number of benzene rings is 2. The molecule has 0 aliphatic heterocycles. The summed E-state index contributed by atoms with van der Waals surface area (Å²) in [5.74, 6) is -2.85. The quantitative estimate of drug-likeness (QED) is 0.464. The van der Waals surface area contributed by atoms with Crippen LogP contribution in [0.5, 0.6) is 0 Å². The second kappa shape index (κ2) is 10.3. The van der Waals surface area contributed by atoms with E-state index < -0.39 is 23.6 Å². The molecule has 6 nitrogen and oxygen atoms in total. The zero-order valence-corrected chi connectivity index (χ0v) is 18.8. The summed E-state index contributed by atoms with van der Waals surface area (Å²) < 4.78 is 39.0. The lowest BCUT2D eigenvalue weighted by molar-refractivity contribution is 0.0377. The molecule has 2 aromatic carbocycles. The van der Waals surface area contributed by atoms with Crippen molar-refractivity contribution in [2.75, 3.05) is 6.61 Å². The molecular weight excluding hydrogens is 430 g/mol. The van der Waals surface area contributed by atoms with Gasteiger partial charge >= 0.3 is 11.9 Å². The maximum atomic E-state index is 14.4. The maximum Gasteiger partial charge on any atom is 0.341 e. The molecule has 0 saturated carbocycles. The van der Waals surface area contributed by atoms with Crippen molar-refractivity contribution in [3.63, 3.8) is 0 Å². The molecule has 0 fully saturated rings. The number of carbonyl (C=O) groups excluding carboxylic acids is 2. The number of rotatable bonds is 7. The first-order valence-corrected chi connectivity index (χ1v) is 10.5. The molecule has 0 unspecified atom stereocenters. The summed E-state index contributed by atoms with van der Waals surface area (Å²) >= 11 is 0. The van der Waals surface area contributed by atoms with Gasteiger partial charge in [0, 0.05) is 6.42 Å². The standard InChI is InChI=1S/C25H24F2N2O4/c1-5-32-25(31)21-15(4)28-23(22-18(26)7-6-8-19(22)27)29-20(21)13-16-9-11-17(12-10-16)24(30)33-14(2)3/h6-12,14H,5,13H2,1-4H3. The van der Waals surface area contributed by atoms with Crippen LogP contribution in [0.3, 0.4) is 0 Å². The largest absolute Gasteiger partial charge is 0.462 e. The minimum absolute atomic E-state index is 0.139. The highest BCUT2D eigenvalue weighted by atomic mass is 19.1. The minimum atomic E-state index is -0.808. The lowest BCUT2D eigenvalue weighted by Crippen LogP contribution is -2.15. The molecule has 0 atom stereocenters. The fourth-order valence-electron chi connectivity index (χ4n) is 3.29. The van der Waals surface area contributed by atoms with E-state index in [2.05, 4.69) is 9.97 Å². The molecule has 0 saturated heterocycles. The van der Waals surface area contributed by atoms with Crippen LogP contribution in [0, 0.1) is 18.6 Å². The van der Waals surface area contributed by atoms with Gasteiger partial charge in [-0.2, -0.15) is 0 Å². The second-order valence-electron chi connectivity index (χ2n) is 7.60. The van der Waals surface area contributed by atoms with E-state index in [0.717, 1.165) is 17.7 Å².